The first-order chi connectivity index (χ1) is 10.6. The number of H-pyrrole nitrogens is 1. The topological polar surface area (TPSA) is 79.0 Å². The first kappa shape index (κ1) is 14.6. The zero-order chi connectivity index (χ0) is 15.6. The smallest absolute Gasteiger partial charge is 0.273 e. The summed E-state index contributed by atoms with van der Waals surface area (Å²) in [4.78, 5) is 14.9. The standard InChI is InChI=1S/C15H12N2O3S2/c18-13(17-22(19,20)14-5-2-10-21-14)7-6-11-3-1-4-12-8-9-16-15(11)12/h1-10,16H,(H,17,18). The maximum Gasteiger partial charge on any atom is 0.273 e. The number of aromatic amines is 1. The molecule has 7 heteroatoms. The van der Waals surface area contributed by atoms with Gasteiger partial charge >= 0.3 is 0 Å². The molecule has 0 spiro atoms. The third kappa shape index (κ3) is 2.95. The molecule has 0 aliphatic rings. The number of fused-ring (bicyclic) bond motifs is 1. The monoisotopic (exact) mass is 332 g/mol. The van der Waals surface area contributed by atoms with Crippen molar-refractivity contribution >= 4 is 44.2 Å². The number of nitrogens with one attached hydrogen (secondary N) is 2. The summed E-state index contributed by atoms with van der Waals surface area (Å²) in [5.74, 6) is -0.683. The first-order valence-corrected chi connectivity index (χ1v) is 8.77. The molecule has 5 nitrogen and oxygen atoms in total. The molecule has 0 aliphatic heterocycles. The molecule has 0 fully saturated rings. The van der Waals surface area contributed by atoms with Gasteiger partial charge in [-0.1, -0.05) is 24.3 Å². The van der Waals surface area contributed by atoms with Gasteiger partial charge in [0.25, 0.3) is 15.9 Å². The third-order valence-corrected chi connectivity index (χ3v) is 5.77. The van der Waals surface area contributed by atoms with E-state index in [-0.39, 0.29) is 4.21 Å². The van der Waals surface area contributed by atoms with Crippen LogP contribution in [0, 0.1) is 0 Å². The molecule has 2 N–H and O–H groups in total. The lowest BCUT2D eigenvalue weighted by molar-refractivity contribution is -0.114. The fourth-order valence-electron chi connectivity index (χ4n) is 2.05. The second-order valence-electron chi connectivity index (χ2n) is 4.52. The molecule has 1 aromatic carbocycles. The average molecular weight is 332 g/mol. The molecule has 112 valence electrons. The van der Waals surface area contributed by atoms with Gasteiger partial charge in [-0.3, -0.25) is 4.79 Å². The van der Waals surface area contributed by atoms with Crippen molar-refractivity contribution in [2.24, 2.45) is 0 Å². The van der Waals surface area contributed by atoms with Crippen LogP contribution in [0.2, 0.25) is 0 Å². The van der Waals surface area contributed by atoms with Crippen LogP contribution >= 0.6 is 11.3 Å². The molecule has 0 aliphatic carbocycles. The Balaban J connectivity index is 1.78. The van der Waals surface area contributed by atoms with Crippen molar-refractivity contribution in [3.05, 3.63) is 59.6 Å². The minimum absolute atomic E-state index is 0.112. The lowest BCUT2D eigenvalue weighted by Crippen LogP contribution is -2.28. The van der Waals surface area contributed by atoms with E-state index in [4.69, 9.17) is 0 Å². The van der Waals surface area contributed by atoms with Gasteiger partial charge in [-0.05, 0) is 34.5 Å². The van der Waals surface area contributed by atoms with Crippen LogP contribution in [-0.4, -0.2) is 19.3 Å². The SMILES string of the molecule is O=C(C=Cc1cccc2cc[nH]c12)NS(=O)(=O)c1cccs1. The van der Waals surface area contributed by atoms with Crippen LogP contribution in [0.4, 0.5) is 0 Å². The van der Waals surface area contributed by atoms with Crippen molar-refractivity contribution in [2.45, 2.75) is 4.21 Å². The zero-order valence-electron chi connectivity index (χ0n) is 11.3. The molecule has 3 rings (SSSR count). The highest BCUT2D eigenvalue weighted by Crippen LogP contribution is 2.18. The van der Waals surface area contributed by atoms with Gasteiger partial charge < -0.3 is 4.98 Å². The lowest BCUT2D eigenvalue weighted by atomic mass is 10.1. The Morgan fingerprint density at radius 3 is 2.82 bits per heavy atom. The average Bonchev–Trinajstić information content (AvgIpc) is 3.15. The van der Waals surface area contributed by atoms with Gasteiger partial charge in [0.2, 0.25) is 0 Å². The Morgan fingerprint density at radius 1 is 1.18 bits per heavy atom. The number of thiophene rings is 1. The van der Waals surface area contributed by atoms with Crippen molar-refractivity contribution in [1.29, 1.82) is 0 Å². The number of hydrogen-bond acceptors (Lipinski definition) is 4. The van der Waals surface area contributed by atoms with Gasteiger partial charge in [-0.15, -0.1) is 11.3 Å². The molecule has 0 saturated carbocycles. The number of carbonyl (C=O) groups is 1. The molecular weight excluding hydrogens is 320 g/mol. The highest BCUT2D eigenvalue weighted by Gasteiger charge is 2.16. The number of carbonyl (C=O) groups excluding carboxylic acids is 1. The van der Waals surface area contributed by atoms with E-state index in [0.29, 0.717) is 0 Å². The Morgan fingerprint density at radius 2 is 2.05 bits per heavy atom. The number of amides is 1. The summed E-state index contributed by atoms with van der Waals surface area (Å²) in [5, 5.41) is 2.66. The second-order valence-corrected chi connectivity index (χ2v) is 7.38. The molecule has 0 unspecified atom stereocenters. The molecule has 0 saturated heterocycles. The van der Waals surface area contributed by atoms with E-state index >= 15 is 0 Å². The predicted octanol–water partition coefficient (Wildman–Crippen LogP) is 2.75. The van der Waals surface area contributed by atoms with Crippen LogP contribution < -0.4 is 4.72 Å². The van der Waals surface area contributed by atoms with Crippen molar-refractivity contribution in [2.75, 3.05) is 0 Å². The Hall–Kier alpha value is -2.38. The summed E-state index contributed by atoms with van der Waals surface area (Å²) < 4.78 is 26.0. The quantitative estimate of drug-likeness (QED) is 0.721. The predicted molar refractivity (Wildman–Crippen MR) is 87.0 cm³/mol. The molecule has 2 aromatic heterocycles. The van der Waals surface area contributed by atoms with Gasteiger partial charge in [0.15, 0.2) is 0 Å². The van der Waals surface area contributed by atoms with E-state index in [0.717, 1.165) is 27.8 Å². The van der Waals surface area contributed by atoms with Gasteiger partial charge in [0, 0.05) is 12.3 Å². The van der Waals surface area contributed by atoms with Crippen molar-refractivity contribution in [3.8, 4) is 0 Å². The van der Waals surface area contributed by atoms with E-state index in [9.17, 15) is 13.2 Å². The highest BCUT2D eigenvalue weighted by molar-refractivity contribution is 7.92. The normalized spacial score (nSPS) is 12.0. The molecule has 0 atom stereocenters. The Bertz CT molecular complexity index is 938. The number of sulfonamides is 1. The zero-order valence-corrected chi connectivity index (χ0v) is 12.9. The molecule has 0 radical (unpaired) electrons. The summed E-state index contributed by atoms with van der Waals surface area (Å²) >= 11 is 1.06. The van der Waals surface area contributed by atoms with E-state index in [1.807, 2.05) is 35.2 Å². The number of hydrogen-bond donors (Lipinski definition) is 2. The van der Waals surface area contributed by atoms with Gasteiger partial charge in [0.05, 0.1) is 5.52 Å². The summed E-state index contributed by atoms with van der Waals surface area (Å²) in [6.45, 7) is 0. The van der Waals surface area contributed by atoms with Crippen LogP contribution in [0.1, 0.15) is 5.56 Å². The van der Waals surface area contributed by atoms with Gasteiger partial charge in [-0.2, -0.15) is 0 Å². The largest absolute Gasteiger partial charge is 0.361 e. The summed E-state index contributed by atoms with van der Waals surface area (Å²) in [5.41, 5.74) is 1.71. The number of aromatic nitrogens is 1. The van der Waals surface area contributed by atoms with Crippen LogP contribution in [0.15, 0.2) is 58.3 Å². The highest BCUT2D eigenvalue weighted by atomic mass is 32.2. The maximum absolute atomic E-state index is 11.9. The molecule has 22 heavy (non-hydrogen) atoms. The maximum atomic E-state index is 11.9. The molecular formula is C15H12N2O3S2. The number of benzene rings is 1. The van der Waals surface area contributed by atoms with Gasteiger partial charge in [0.1, 0.15) is 4.21 Å². The van der Waals surface area contributed by atoms with Crippen LogP contribution in [0.3, 0.4) is 0 Å². The van der Waals surface area contributed by atoms with Crippen LogP contribution in [-0.2, 0) is 14.8 Å². The minimum atomic E-state index is -3.79. The third-order valence-electron chi connectivity index (χ3n) is 3.03. The number of rotatable bonds is 4. The summed E-state index contributed by atoms with van der Waals surface area (Å²) in [7, 11) is -3.79. The van der Waals surface area contributed by atoms with E-state index < -0.39 is 15.9 Å². The molecule has 3 aromatic rings. The Labute approximate surface area is 131 Å². The van der Waals surface area contributed by atoms with Crippen LogP contribution in [0.5, 0.6) is 0 Å². The lowest BCUT2D eigenvalue weighted by Gasteiger charge is -2.01. The fraction of sp³-hybridized carbons (Fsp3) is 0. The molecule has 2 heterocycles. The van der Waals surface area contributed by atoms with Crippen molar-refractivity contribution < 1.29 is 13.2 Å². The van der Waals surface area contributed by atoms with E-state index in [1.54, 1.807) is 17.5 Å². The summed E-state index contributed by atoms with van der Waals surface area (Å²) in [6.07, 6.45) is 4.60. The van der Waals surface area contributed by atoms with Crippen LogP contribution in [0.25, 0.3) is 17.0 Å². The fourth-order valence-corrected chi connectivity index (χ4v) is 3.98. The number of para-hydroxylation sites is 1. The second kappa shape index (κ2) is 5.78. The molecule has 0 bridgehead atoms. The summed E-state index contributed by atoms with van der Waals surface area (Å²) in [6, 6.07) is 10.7. The Kier molecular flexibility index (Phi) is 3.82. The minimum Gasteiger partial charge on any atom is -0.361 e. The van der Waals surface area contributed by atoms with Crippen molar-refractivity contribution in [3.63, 3.8) is 0 Å². The first-order valence-electron chi connectivity index (χ1n) is 6.41. The van der Waals surface area contributed by atoms with Crippen molar-refractivity contribution in [1.82, 2.24) is 9.71 Å². The molecule has 1 amide bonds. The van der Waals surface area contributed by atoms with Gasteiger partial charge in [-0.25, -0.2) is 13.1 Å². The van der Waals surface area contributed by atoms with E-state index in [1.165, 1.54) is 12.1 Å². The van der Waals surface area contributed by atoms with E-state index in [2.05, 4.69) is 4.98 Å².